The monoisotopic (exact) mass is 329 g/mol. The van der Waals surface area contributed by atoms with Gasteiger partial charge in [-0.15, -0.1) is 11.3 Å². The smallest absolute Gasteiger partial charge is 0.242 e. The summed E-state index contributed by atoms with van der Waals surface area (Å²) in [6.45, 7) is 0. The number of rotatable bonds is 2. The van der Waals surface area contributed by atoms with Crippen molar-refractivity contribution in [1.82, 2.24) is 0 Å². The molecule has 0 radical (unpaired) electrons. The number of thiophene rings is 1. The lowest BCUT2D eigenvalue weighted by Gasteiger charge is -2.37. The predicted molar refractivity (Wildman–Crippen MR) is 74.9 cm³/mol. The van der Waals surface area contributed by atoms with Gasteiger partial charge in [0.2, 0.25) is 6.29 Å². The van der Waals surface area contributed by atoms with Crippen LogP contribution in [0.2, 0.25) is 0 Å². The molecule has 1 aliphatic heterocycles. The second-order valence-electron chi connectivity index (χ2n) is 5.04. The molecule has 3 rings (SSSR count). The summed E-state index contributed by atoms with van der Waals surface area (Å²) in [4.78, 5) is 1.28. The predicted octanol–water partition coefficient (Wildman–Crippen LogP) is 3.70. The van der Waals surface area contributed by atoms with Crippen LogP contribution in [0.15, 0.2) is 28.4 Å². The Morgan fingerprint density at radius 2 is 1.94 bits per heavy atom. The van der Waals surface area contributed by atoms with E-state index in [2.05, 4.69) is 27.4 Å². The van der Waals surface area contributed by atoms with Gasteiger partial charge >= 0.3 is 0 Å². The molecule has 0 bridgehead atoms. The summed E-state index contributed by atoms with van der Waals surface area (Å²) >= 11 is 5.24. The largest absolute Gasteiger partial charge is 0.459 e. The van der Waals surface area contributed by atoms with Gasteiger partial charge in [0.1, 0.15) is 12.5 Å². The fourth-order valence-electron chi connectivity index (χ4n) is 2.72. The van der Waals surface area contributed by atoms with Crippen LogP contribution in [0.1, 0.15) is 30.6 Å². The molecule has 5 heteroatoms. The maximum absolute atomic E-state index is 6.55. The summed E-state index contributed by atoms with van der Waals surface area (Å²) in [6.07, 6.45) is 7.26. The van der Waals surface area contributed by atoms with Crippen molar-refractivity contribution in [3.05, 3.63) is 33.3 Å². The molecule has 18 heavy (non-hydrogen) atoms. The van der Waals surface area contributed by atoms with E-state index in [-0.39, 0.29) is 11.8 Å². The first-order valence-electron chi connectivity index (χ1n) is 6.17. The molecular formula is C13H16BrNO2S. The van der Waals surface area contributed by atoms with Crippen molar-refractivity contribution in [2.75, 3.05) is 0 Å². The van der Waals surface area contributed by atoms with Gasteiger partial charge in [-0.1, -0.05) is 0 Å². The summed E-state index contributed by atoms with van der Waals surface area (Å²) in [7, 11) is 0. The first-order valence-corrected chi connectivity index (χ1v) is 7.84. The first kappa shape index (κ1) is 12.5. The van der Waals surface area contributed by atoms with E-state index in [0.29, 0.717) is 5.92 Å². The number of halogens is 1. The van der Waals surface area contributed by atoms with Crippen LogP contribution in [0.25, 0.3) is 0 Å². The molecule has 1 aromatic rings. The van der Waals surface area contributed by atoms with Gasteiger partial charge in [0.25, 0.3) is 0 Å². The highest BCUT2D eigenvalue weighted by atomic mass is 79.9. The van der Waals surface area contributed by atoms with E-state index in [9.17, 15) is 0 Å². The fraction of sp³-hybridized carbons (Fsp3) is 0.538. The van der Waals surface area contributed by atoms with Crippen LogP contribution in [-0.2, 0) is 15.0 Å². The van der Waals surface area contributed by atoms with E-state index < -0.39 is 0 Å². The highest BCUT2D eigenvalue weighted by molar-refractivity contribution is 9.10. The molecule has 2 heterocycles. The Kier molecular flexibility index (Phi) is 3.38. The Labute approximate surface area is 119 Å². The third kappa shape index (κ3) is 2.31. The van der Waals surface area contributed by atoms with E-state index in [4.69, 9.17) is 15.2 Å². The van der Waals surface area contributed by atoms with Crippen LogP contribution in [0.5, 0.6) is 0 Å². The molecule has 0 amide bonds. The van der Waals surface area contributed by atoms with Gasteiger partial charge in [0.05, 0.1) is 5.54 Å². The van der Waals surface area contributed by atoms with Crippen LogP contribution in [-0.4, -0.2) is 6.29 Å². The van der Waals surface area contributed by atoms with Crippen molar-refractivity contribution in [2.24, 2.45) is 11.7 Å². The number of hydrogen-bond acceptors (Lipinski definition) is 4. The zero-order valence-electron chi connectivity index (χ0n) is 9.97. The second-order valence-corrected chi connectivity index (χ2v) is 6.86. The molecular weight excluding hydrogens is 314 g/mol. The minimum Gasteiger partial charge on any atom is -0.459 e. The third-order valence-corrected chi connectivity index (χ3v) is 5.76. The average Bonchev–Trinajstić information content (AvgIpc) is 3.01. The van der Waals surface area contributed by atoms with Crippen molar-refractivity contribution in [2.45, 2.75) is 37.5 Å². The van der Waals surface area contributed by atoms with Crippen molar-refractivity contribution >= 4 is 27.3 Å². The average molecular weight is 330 g/mol. The Balaban J connectivity index is 1.65. The molecule has 1 aromatic heterocycles. The molecule has 0 spiro atoms. The topological polar surface area (TPSA) is 44.5 Å². The maximum atomic E-state index is 6.55. The van der Waals surface area contributed by atoms with Crippen molar-refractivity contribution in [3.8, 4) is 0 Å². The van der Waals surface area contributed by atoms with Crippen LogP contribution in [0.3, 0.4) is 0 Å². The zero-order valence-corrected chi connectivity index (χ0v) is 12.4. The van der Waals surface area contributed by atoms with Crippen molar-refractivity contribution in [3.63, 3.8) is 0 Å². The molecule has 1 aliphatic carbocycles. The molecule has 2 aliphatic rings. The minimum atomic E-state index is -0.167. The lowest BCUT2D eigenvalue weighted by Crippen LogP contribution is -2.41. The van der Waals surface area contributed by atoms with E-state index in [1.165, 1.54) is 4.88 Å². The molecule has 2 N–H and O–H groups in total. The van der Waals surface area contributed by atoms with Gasteiger partial charge in [-0.3, -0.25) is 0 Å². The Morgan fingerprint density at radius 1 is 1.28 bits per heavy atom. The van der Waals surface area contributed by atoms with Crippen molar-refractivity contribution in [1.29, 1.82) is 0 Å². The maximum Gasteiger partial charge on any atom is 0.242 e. The van der Waals surface area contributed by atoms with E-state index in [1.54, 1.807) is 23.9 Å². The molecule has 0 atom stereocenters. The summed E-state index contributed by atoms with van der Waals surface area (Å²) in [5.74, 6) is 0.458. The Morgan fingerprint density at radius 3 is 2.50 bits per heavy atom. The van der Waals surface area contributed by atoms with Crippen molar-refractivity contribution < 1.29 is 9.47 Å². The second kappa shape index (κ2) is 4.87. The third-order valence-electron chi connectivity index (χ3n) is 3.85. The Hall–Kier alpha value is -0.520. The molecule has 0 saturated heterocycles. The molecule has 3 nitrogen and oxygen atoms in total. The standard InChI is InChI=1S/C13H16BrNO2S/c14-10-7-11(18-8-10)13(15)3-1-9(2-4-13)12-16-5-6-17-12/h5-9,12H,1-4,15H2. The van der Waals surface area contributed by atoms with Crippen LogP contribution < -0.4 is 5.73 Å². The zero-order chi connectivity index (χ0) is 12.6. The fourth-order valence-corrected chi connectivity index (χ4v) is 4.32. The van der Waals surface area contributed by atoms with Gasteiger partial charge in [0, 0.05) is 20.6 Å². The summed E-state index contributed by atoms with van der Waals surface area (Å²) in [5.41, 5.74) is 6.38. The summed E-state index contributed by atoms with van der Waals surface area (Å²) < 4.78 is 12.0. The number of nitrogens with two attached hydrogens (primary N) is 1. The highest BCUT2D eigenvalue weighted by Crippen LogP contribution is 2.42. The molecule has 0 unspecified atom stereocenters. The van der Waals surface area contributed by atoms with E-state index >= 15 is 0 Å². The quantitative estimate of drug-likeness (QED) is 0.899. The Bertz CT molecular complexity index is 444. The van der Waals surface area contributed by atoms with E-state index in [1.807, 2.05) is 0 Å². The lowest BCUT2D eigenvalue weighted by atomic mass is 9.76. The van der Waals surface area contributed by atoms with Crippen LogP contribution in [0, 0.1) is 5.92 Å². The minimum absolute atomic E-state index is 0.0929. The lowest BCUT2D eigenvalue weighted by molar-refractivity contribution is -0.0812. The van der Waals surface area contributed by atoms with E-state index in [0.717, 1.165) is 30.2 Å². The number of hydrogen-bond donors (Lipinski definition) is 1. The van der Waals surface area contributed by atoms with Crippen LogP contribution in [0.4, 0.5) is 0 Å². The number of ether oxygens (including phenoxy) is 2. The van der Waals surface area contributed by atoms with Gasteiger partial charge in [0.15, 0.2) is 0 Å². The normalized spacial score (nSPS) is 32.2. The van der Waals surface area contributed by atoms with Gasteiger partial charge in [-0.25, -0.2) is 0 Å². The SMILES string of the molecule is NC1(c2cc(Br)cs2)CCC(C2OC=CO2)CC1. The first-order chi connectivity index (χ1) is 8.67. The highest BCUT2D eigenvalue weighted by Gasteiger charge is 2.38. The van der Waals surface area contributed by atoms with Gasteiger partial charge in [-0.05, 0) is 47.7 Å². The van der Waals surface area contributed by atoms with Gasteiger partial charge in [-0.2, -0.15) is 0 Å². The molecule has 1 saturated carbocycles. The summed E-state index contributed by atoms with van der Waals surface area (Å²) in [6, 6.07) is 2.15. The molecule has 0 aromatic carbocycles. The van der Waals surface area contributed by atoms with Gasteiger partial charge < -0.3 is 15.2 Å². The van der Waals surface area contributed by atoms with Crippen LogP contribution >= 0.6 is 27.3 Å². The molecule has 1 fully saturated rings. The summed E-state index contributed by atoms with van der Waals surface area (Å²) in [5, 5.41) is 2.10. The molecule has 98 valence electrons.